The Morgan fingerprint density at radius 3 is 1.86 bits per heavy atom. The minimum absolute atomic E-state index is 0.149. The molecule has 0 saturated heterocycles. The molecule has 6 heteroatoms. The van der Waals surface area contributed by atoms with Crippen molar-refractivity contribution in [3.63, 3.8) is 0 Å². The van der Waals surface area contributed by atoms with Gasteiger partial charge in [0.25, 0.3) is 0 Å². The zero-order valence-electron chi connectivity index (χ0n) is 14.7. The fourth-order valence-electron chi connectivity index (χ4n) is 3.70. The highest BCUT2D eigenvalue weighted by Gasteiger charge is 2.25. The molecule has 140 valence electrons. The third-order valence-electron chi connectivity index (χ3n) is 5.01. The molecule has 0 fully saturated rings. The van der Waals surface area contributed by atoms with E-state index < -0.39 is 0 Å². The number of hydrogen-bond acceptors (Lipinski definition) is 2. The van der Waals surface area contributed by atoms with Crippen LogP contribution in [0.15, 0.2) is 65.1 Å². The second kappa shape index (κ2) is 6.74. The first kappa shape index (κ1) is 17.4. The average Bonchev–Trinajstić information content (AvgIpc) is 3.41. The van der Waals surface area contributed by atoms with Crippen LogP contribution in [-0.4, -0.2) is 15.1 Å². The van der Waals surface area contributed by atoms with Gasteiger partial charge >= 0.3 is 0 Å². The molecule has 0 aliphatic carbocycles. The second-order valence-corrected chi connectivity index (χ2v) is 7.56. The van der Waals surface area contributed by atoms with Crippen LogP contribution in [0.4, 0.5) is 0 Å². The highest BCUT2D eigenvalue weighted by Crippen LogP contribution is 2.37. The largest absolute Gasteiger partial charge is 0.463 e. The molecule has 0 atom stereocenters. The summed E-state index contributed by atoms with van der Waals surface area (Å²) in [7, 11) is 0. The van der Waals surface area contributed by atoms with Crippen LogP contribution in [0.2, 0.25) is 10.0 Å². The van der Waals surface area contributed by atoms with E-state index in [4.69, 9.17) is 27.6 Å². The number of furan rings is 1. The van der Waals surface area contributed by atoms with E-state index in [-0.39, 0.29) is 12.5 Å². The van der Waals surface area contributed by atoms with Crippen molar-refractivity contribution in [1.82, 2.24) is 9.97 Å². The summed E-state index contributed by atoms with van der Waals surface area (Å²) >= 11 is 12.8. The second-order valence-electron chi connectivity index (χ2n) is 6.75. The number of fused-ring (bicyclic) bond motifs is 2. The number of aromatic amines is 2. The molecule has 5 rings (SSSR count). The van der Waals surface area contributed by atoms with Gasteiger partial charge in [-0.15, -0.1) is 0 Å². The van der Waals surface area contributed by atoms with E-state index >= 15 is 0 Å². The lowest BCUT2D eigenvalue weighted by Crippen LogP contribution is -2.03. The van der Waals surface area contributed by atoms with Gasteiger partial charge in [-0.05, 0) is 48.5 Å². The molecule has 4 nitrogen and oxygen atoms in total. The number of nitrogens with one attached hydrogen (secondary N) is 2. The maximum atomic E-state index is 9.43. The van der Waals surface area contributed by atoms with Crippen LogP contribution in [0.1, 0.15) is 28.8 Å². The van der Waals surface area contributed by atoms with E-state index in [1.807, 2.05) is 54.6 Å². The Labute approximate surface area is 170 Å². The van der Waals surface area contributed by atoms with E-state index in [9.17, 15) is 5.11 Å². The lowest BCUT2D eigenvalue weighted by Gasteiger charge is -2.12. The van der Waals surface area contributed by atoms with Crippen LogP contribution in [0.25, 0.3) is 21.8 Å². The van der Waals surface area contributed by atoms with Crippen molar-refractivity contribution in [3.8, 4) is 0 Å². The third-order valence-corrected chi connectivity index (χ3v) is 5.67. The Balaban J connectivity index is 1.73. The van der Waals surface area contributed by atoms with Crippen LogP contribution >= 0.6 is 23.2 Å². The average molecular weight is 411 g/mol. The van der Waals surface area contributed by atoms with Crippen LogP contribution in [0, 0.1) is 0 Å². The van der Waals surface area contributed by atoms with Gasteiger partial charge in [-0.2, -0.15) is 0 Å². The van der Waals surface area contributed by atoms with Crippen LogP contribution in [0.3, 0.4) is 0 Å². The van der Waals surface area contributed by atoms with Gasteiger partial charge in [0.15, 0.2) is 0 Å². The topological polar surface area (TPSA) is 64.9 Å². The predicted molar refractivity (Wildman–Crippen MR) is 112 cm³/mol. The molecule has 0 unspecified atom stereocenters. The summed E-state index contributed by atoms with van der Waals surface area (Å²) in [6, 6.07) is 19.3. The van der Waals surface area contributed by atoms with Crippen molar-refractivity contribution in [3.05, 3.63) is 93.6 Å². The molecule has 3 aromatic heterocycles. The molecule has 3 heterocycles. The number of halogens is 2. The molecule has 0 aliphatic rings. The molecule has 0 amide bonds. The van der Waals surface area contributed by atoms with Gasteiger partial charge in [0, 0.05) is 43.2 Å². The van der Waals surface area contributed by atoms with Crippen LogP contribution in [-0.2, 0) is 6.61 Å². The van der Waals surface area contributed by atoms with Gasteiger partial charge in [0.2, 0.25) is 0 Å². The molecular weight excluding hydrogens is 395 g/mol. The van der Waals surface area contributed by atoms with Crippen molar-refractivity contribution in [1.29, 1.82) is 0 Å². The zero-order valence-corrected chi connectivity index (χ0v) is 16.2. The smallest absolute Gasteiger partial charge is 0.129 e. The molecule has 2 aromatic carbocycles. The lowest BCUT2D eigenvalue weighted by molar-refractivity contribution is 0.243. The number of aliphatic hydroxyl groups excluding tert-OH is 1. The first-order valence-corrected chi connectivity index (χ1v) is 9.63. The SMILES string of the molecule is OCc1ccc(C(c2cc3c(Cl)cccc3[nH]2)c2cc3c(Cl)cccc3[nH]2)o1. The Kier molecular flexibility index (Phi) is 4.20. The monoisotopic (exact) mass is 410 g/mol. The van der Waals surface area contributed by atoms with E-state index in [1.54, 1.807) is 6.07 Å². The standard InChI is InChI=1S/C22H16Cl2N2O2/c23-15-3-1-5-17-13(15)9-19(25-17)22(21-8-7-12(11-27)28-21)20-10-14-16(24)4-2-6-18(14)26-20/h1-10,22,25-27H,11H2. The molecule has 0 saturated carbocycles. The van der Waals surface area contributed by atoms with Gasteiger partial charge in [-0.3, -0.25) is 0 Å². The van der Waals surface area contributed by atoms with E-state index in [2.05, 4.69) is 9.97 Å². The summed E-state index contributed by atoms with van der Waals surface area (Å²) in [5.41, 5.74) is 3.78. The first-order chi connectivity index (χ1) is 13.6. The Morgan fingerprint density at radius 2 is 1.39 bits per heavy atom. The Hall–Kier alpha value is -2.66. The summed E-state index contributed by atoms with van der Waals surface area (Å²) in [5.74, 6) is 1.00. The van der Waals surface area contributed by atoms with Crippen LogP contribution < -0.4 is 0 Å². The number of benzene rings is 2. The van der Waals surface area contributed by atoms with Crippen molar-refractivity contribution < 1.29 is 9.52 Å². The highest BCUT2D eigenvalue weighted by atomic mass is 35.5. The molecule has 3 N–H and O–H groups in total. The summed E-state index contributed by atoms with van der Waals surface area (Å²) in [6.45, 7) is -0.149. The summed E-state index contributed by atoms with van der Waals surface area (Å²) in [5, 5.41) is 12.7. The van der Waals surface area contributed by atoms with Gasteiger partial charge < -0.3 is 19.5 Å². The summed E-state index contributed by atoms with van der Waals surface area (Å²) < 4.78 is 5.90. The number of hydrogen-bond donors (Lipinski definition) is 3. The lowest BCUT2D eigenvalue weighted by atomic mass is 9.98. The fraction of sp³-hybridized carbons (Fsp3) is 0.0909. The maximum Gasteiger partial charge on any atom is 0.129 e. The molecule has 5 aromatic rings. The predicted octanol–water partition coefficient (Wildman–Crippen LogP) is 6.22. The highest BCUT2D eigenvalue weighted by molar-refractivity contribution is 6.35. The normalized spacial score (nSPS) is 11.9. The molecule has 0 aliphatic heterocycles. The van der Waals surface area contributed by atoms with Crippen LogP contribution in [0.5, 0.6) is 0 Å². The Morgan fingerprint density at radius 1 is 0.821 bits per heavy atom. The van der Waals surface area contributed by atoms with E-state index in [0.29, 0.717) is 15.8 Å². The Bertz CT molecular complexity index is 1220. The van der Waals surface area contributed by atoms with E-state index in [1.165, 1.54) is 0 Å². The number of H-pyrrole nitrogens is 2. The first-order valence-electron chi connectivity index (χ1n) is 8.88. The quantitative estimate of drug-likeness (QED) is 0.329. The number of aromatic nitrogens is 2. The summed E-state index contributed by atoms with van der Waals surface area (Å²) in [4.78, 5) is 6.92. The van der Waals surface area contributed by atoms with Gasteiger partial charge in [-0.1, -0.05) is 35.3 Å². The molecule has 0 bridgehead atoms. The van der Waals surface area contributed by atoms with Gasteiger partial charge in [0.1, 0.15) is 18.1 Å². The van der Waals surface area contributed by atoms with Crippen molar-refractivity contribution in [2.75, 3.05) is 0 Å². The minimum Gasteiger partial charge on any atom is -0.463 e. The van der Waals surface area contributed by atoms with Crippen molar-refractivity contribution in [2.45, 2.75) is 12.5 Å². The molecule has 28 heavy (non-hydrogen) atoms. The minimum atomic E-state index is -0.229. The van der Waals surface area contributed by atoms with Gasteiger partial charge in [0.05, 0.1) is 5.92 Å². The molecular formula is C22H16Cl2N2O2. The zero-order chi connectivity index (χ0) is 19.3. The number of rotatable bonds is 4. The van der Waals surface area contributed by atoms with Crippen molar-refractivity contribution in [2.24, 2.45) is 0 Å². The van der Waals surface area contributed by atoms with Crippen molar-refractivity contribution >= 4 is 45.0 Å². The molecule has 0 spiro atoms. The van der Waals surface area contributed by atoms with E-state index in [0.717, 1.165) is 39.0 Å². The number of aliphatic hydroxyl groups is 1. The summed E-state index contributed by atoms with van der Waals surface area (Å²) in [6.07, 6.45) is 0. The fourth-order valence-corrected chi connectivity index (χ4v) is 4.16. The molecule has 0 radical (unpaired) electrons. The maximum absolute atomic E-state index is 9.43. The third kappa shape index (κ3) is 2.81. The van der Waals surface area contributed by atoms with Gasteiger partial charge in [-0.25, -0.2) is 0 Å².